The Morgan fingerprint density at radius 3 is 2.54 bits per heavy atom. The van der Waals surface area contributed by atoms with Gasteiger partial charge in [-0.05, 0) is 19.9 Å². The predicted octanol–water partition coefficient (Wildman–Crippen LogP) is 2.36. The van der Waals surface area contributed by atoms with Crippen LogP contribution in [0.5, 0.6) is 0 Å². The Balaban J connectivity index is 0.000000671. The number of nitrogens with one attached hydrogen (secondary N) is 1. The summed E-state index contributed by atoms with van der Waals surface area (Å²) >= 11 is 0. The van der Waals surface area contributed by atoms with E-state index in [0.717, 1.165) is 5.76 Å². The standard InChI is InChI=1S/C8H11NO2.C2H6/c1-3-9-8(10)7-4-6(2)11-5-7;1-2/h4-5H,3H2,1-2H3,(H,9,10);1-2H3. The molecule has 1 amide bonds. The van der Waals surface area contributed by atoms with Gasteiger partial charge in [-0.2, -0.15) is 0 Å². The van der Waals surface area contributed by atoms with Crippen LogP contribution in [0.1, 0.15) is 36.9 Å². The van der Waals surface area contributed by atoms with Crippen molar-refractivity contribution in [2.24, 2.45) is 0 Å². The van der Waals surface area contributed by atoms with Gasteiger partial charge in [-0.1, -0.05) is 13.8 Å². The van der Waals surface area contributed by atoms with Crippen LogP contribution in [0.15, 0.2) is 16.7 Å². The lowest BCUT2D eigenvalue weighted by Crippen LogP contribution is -2.21. The molecular formula is C10H17NO2. The van der Waals surface area contributed by atoms with E-state index in [9.17, 15) is 4.79 Å². The summed E-state index contributed by atoms with van der Waals surface area (Å²) in [5.74, 6) is 0.676. The van der Waals surface area contributed by atoms with E-state index >= 15 is 0 Å². The predicted molar refractivity (Wildman–Crippen MR) is 52.8 cm³/mol. The van der Waals surface area contributed by atoms with Crippen molar-refractivity contribution in [2.75, 3.05) is 6.54 Å². The molecule has 1 rings (SSSR count). The van der Waals surface area contributed by atoms with E-state index in [1.807, 2.05) is 27.7 Å². The number of rotatable bonds is 2. The quantitative estimate of drug-likeness (QED) is 0.764. The van der Waals surface area contributed by atoms with Crippen molar-refractivity contribution in [3.05, 3.63) is 23.7 Å². The molecule has 0 aliphatic carbocycles. The molecule has 0 aliphatic heterocycles. The Morgan fingerprint density at radius 2 is 2.15 bits per heavy atom. The van der Waals surface area contributed by atoms with Crippen LogP contribution in [0.2, 0.25) is 0 Å². The number of furan rings is 1. The number of hydrogen-bond acceptors (Lipinski definition) is 2. The fourth-order valence-electron chi connectivity index (χ4n) is 0.825. The molecule has 1 N–H and O–H groups in total. The summed E-state index contributed by atoms with van der Waals surface area (Å²) in [7, 11) is 0. The second-order valence-electron chi connectivity index (χ2n) is 2.31. The first kappa shape index (κ1) is 11.8. The highest BCUT2D eigenvalue weighted by molar-refractivity contribution is 5.93. The summed E-state index contributed by atoms with van der Waals surface area (Å²) in [6, 6.07) is 1.71. The Hall–Kier alpha value is -1.25. The Bertz CT molecular complexity index is 253. The zero-order valence-electron chi connectivity index (χ0n) is 8.68. The summed E-state index contributed by atoms with van der Waals surface area (Å²) < 4.78 is 4.97. The van der Waals surface area contributed by atoms with Crippen LogP contribution in [0.4, 0.5) is 0 Å². The van der Waals surface area contributed by atoms with Gasteiger partial charge >= 0.3 is 0 Å². The highest BCUT2D eigenvalue weighted by Crippen LogP contribution is 2.05. The molecule has 3 nitrogen and oxygen atoms in total. The highest BCUT2D eigenvalue weighted by atomic mass is 16.3. The van der Waals surface area contributed by atoms with Gasteiger partial charge < -0.3 is 9.73 Å². The molecule has 0 saturated carbocycles. The zero-order chi connectivity index (χ0) is 10.3. The SMILES string of the molecule is CC.CCNC(=O)c1coc(C)c1. The molecule has 1 aromatic heterocycles. The zero-order valence-corrected chi connectivity index (χ0v) is 8.68. The number of carbonyl (C=O) groups excluding carboxylic acids is 1. The average molecular weight is 183 g/mol. The molecule has 0 aliphatic rings. The minimum absolute atomic E-state index is 0.0793. The minimum atomic E-state index is -0.0793. The molecule has 13 heavy (non-hydrogen) atoms. The Morgan fingerprint density at radius 1 is 1.54 bits per heavy atom. The van der Waals surface area contributed by atoms with Gasteiger partial charge in [-0.25, -0.2) is 0 Å². The molecule has 1 heterocycles. The fourth-order valence-corrected chi connectivity index (χ4v) is 0.825. The van der Waals surface area contributed by atoms with Crippen molar-refractivity contribution in [2.45, 2.75) is 27.7 Å². The molecule has 0 unspecified atom stereocenters. The van der Waals surface area contributed by atoms with E-state index in [0.29, 0.717) is 12.1 Å². The maximum absolute atomic E-state index is 11.1. The van der Waals surface area contributed by atoms with Crippen LogP contribution in [0.3, 0.4) is 0 Å². The number of carbonyl (C=O) groups is 1. The topological polar surface area (TPSA) is 42.2 Å². The van der Waals surface area contributed by atoms with Gasteiger partial charge in [0.15, 0.2) is 0 Å². The lowest BCUT2D eigenvalue weighted by Gasteiger charge is -1.95. The summed E-state index contributed by atoms with van der Waals surface area (Å²) in [5.41, 5.74) is 0.587. The number of amides is 1. The molecule has 3 heteroatoms. The molecule has 0 saturated heterocycles. The van der Waals surface area contributed by atoms with Gasteiger partial charge in [-0.15, -0.1) is 0 Å². The molecular weight excluding hydrogens is 166 g/mol. The van der Waals surface area contributed by atoms with E-state index in [1.54, 1.807) is 6.07 Å². The van der Waals surface area contributed by atoms with Gasteiger partial charge in [0.05, 0.1) is 5.56 Å². The van der Waals surface area contributed by atoms with Crippen molar-refractivity contribution >= 4 is 5.91 Å². The van der Waals surface area contributed by atoms with Crippen molar-refractivity contribution in [1.82, 2.24) is 5.32 Å². The largest absolute Gasteiger partial charge is 0.469 e. The smallest absolute Gasteiger partial charge is 0.254 e. The number of hydrogen-bond donors (Lipinski definition) is 1. The van der Waals surface area contributed by atoms with Crippen LogP contribution < -0.4 is 5.32 Å². The van der Waals surface area contributed by atoms with Crippen LogP contribution in [-0.2, 0) is 0 Å². The summed E-state index contributed by atoms with van der Waals surface area (Å²) in [5, 5.41) is 2.68. The van der Waals surface area contributed by atoms with Gasteiger partial charge in [0.1, 0.15) is 12.0 Å². The molecule has 1 aromatic rings. The van der Waals surface area contributed by atoms with Crippen molar-refractivity contribution < 1.29 is 9.21 Å². The molecule has 74 valence electrons. The minimum Gasteiger partial charge on any atom is -0.469 e. The normalized spacial score (nSPS) is 8.62. The first-order valence-electron chi connectivity index (χ1n) is 4.57. The van der Waals surface area contributed by atoms with Crippen molar-refractivity contribution in [3.63, 3.8) is 0 Å². The van der Waals surface area contributed by atoms with E-state index in [1.165, 1.54) is 6.26 Å². The summed E-state index contributed by atoms with van der Waals surface area (Å²) in [4.78, 5) is 11.1. The van der Waals surface area contributed by atoms with E-state index in [4.69, 9.17) is 4.42 Å². The Kier molecular flexibility index (Phi) is 5.68. The molecule has 0 bridgehead atoms. The number of aryl methyl sites for hydroxylation is 1. The monoisotopic (exact) mass is 183 g/mol. The van der Waals surface area contributed by atoms with Gasteiger partial charge in [-0.3, -0.25) is 4.79 Å². The van der Waals surface area contributed by atoms with Gasteiger partial charge in [0.25, 0.3) is 5.91 Å². The second kappa shape index (κ2) is 6.29. The maximum Gasteiger partial charge on any atom is 0.254 e. The Labute approximate surface area is 79.1 Å². The van der Waals surface area contributed by atoms with Crippen LogP contribution in [-0.4, -0.2) is 12.5 Å². The van der Waals surface area contributed by atoms with Gasteiger partial charge in [0.2, 0.25) is 0 Å². The van der Waals surface area contributed by atoms with Crippen LogP contribution >= 0.6 is 0 Å². The molecule has 0 spiro atoms. The van der Waals surface area contributed by atoms with Crippen molar-refractivity contribution in [3.8, 4) is 0 Å². The first-order valence-corrected chi connectivity index (χ1v) is 4.57. The third kappa shape index (κ3) is 3.78. The van der Waals surface area contributed by atoms with Crippen LogP contribution in [0, 0.1) is 6.92 Å². The molecule has 0 atom stereocenters. The van der Waals surface area contributed by atoms with Gasteiger partial charge in [0, 0.05) is 6.54 Å². The lowest BCUT2D eigenvalue weighted by atomic mass is 10.3. The fraction of sp³-hybridized carbons (Fsp3) is 0.500. The maximum atomic E-state index is 11.1. The first-order chi connectivity index (χ1) is 6.24. The van der Waals surface area contributed by atoms with E-state index in [-0.39, 0.29) is 5.91 Å². The van der Waals surface area contributed by atoms with Crippen LogP contribution in [0.25, 0.3) is 0 Å². The average Bonchev–Trinajstić information content (AvgIpc) is 2.56. The molecule has 0 fully saturated rings. The van der Waals surface area contributed by atoms with Crippen molar-refractivity contribution in [1.29, 1.82) is 0 Å². The molecule has 0 aromatic carbocycles. The second-order valence-corrected chi connectivity index (χ2v) is 2.31. The van der Waals surface area contributed by atoms with E-state index in [2.05, 4.69) is 5.32 Å². The summed E-state index contributed by atoms with van der Waals surface area (Å²) in [6.45, 7) is 8.33. The van der Waals surface area contributed by atoms with E-state index < -0.39 is 0 Å². The third-order valence-corrected chi connectivity index (χ3v) is 1.33. The third-order valence-electron chi connectivity index (χ3n) is 1.33. The lowest BCUT2D eigenvalue weighted by molar-refractivity contribution is 0.0955. The summed E-state index contributed by atoms with van der Waals surface area (Å²) in [6.07, 6.45) is 1.46. The highest BCUT2D eigenvalue weighted by Gasteiger charge is 2.05. The molecule has 0 radical (unpaired) electrons.